The van der Waals surface area contributed by atoms with E-state index in [1.807, 2.05) is 54.3 Å². The quantitative estimate of drug-likeness (QED) is 0.513. The number of carbonyl (C=O) groups is 1. The fourth-order valence-corrected chi connectivity index (χ4v) is 5.47. The van der Waals surface area contributed by atoms with E-state index in [9.17, 15) is 13.2 Å². The minimum absolute atomic E-state index is 0.0364. The predicted molar refractivity (Wildman–Crippen MR) is 146 cm³/mol. The molecule has 0 radical (unpaired) electrons. The van der Waals surface area contributed by atoms with Crippen molar-refractivity contribution in [1.29, 1.82) is 0 Å². The third-order valence-corrected chi connectivity index (χ3v) is 7.98. The Morgan fingerprint density at radius 3 is 2.11 bits per heavy atom. The second-order valence-electron chi connectivity index (χ2n) is 10.5. The molecule has 0 bridgehead atoms. The minimum atomic E-state index is -3.67. The van der Waals surface area contributed by atoms with Gasteiger partial charge in [0, 0.05) is 37.6 Å². The monoisotopic (exact) mass is 505 g/mol. The van der Waals surface area contributed by atoms with Crippen LogP contribution in [0.4, 0.5) is 11.4 Å². The smallest absolute Gasteiger partial charge is 0.261 e. The number of nitrogens with one attached hydrogen (secondary N) is 1. The van der Waals surface area contributed by atoms with Crippen LogP contribution in [0.25, 0.3) is 0 Å². The van der Waals surface area contributed by atoms with Crippen LogP contribution in [0.5, 0.6) is 0 Å². The van der Waals surface area contributed by atoms with Crippen molar-refractivity contribution in [3.05, 3.63) is 89.5 Å². The van der Waals surface area contributed by atoms with Gasteiger partial charge in [-0.3, -0.25) is 9.52 Å². The molecule has 0 saturated carbocycles. The molecule has 1 aliphatic heterocycles. The van der Waals surface area contributed by atoms with Crippen molar-refractivity contribution in [3.63, 3.8) is 0 Å². The van der Waals surface area contributed by atoms with E-state index in [1.54, 1.807) is 24.3 Å². The van der Waals surface area contributed by atoms with Gasteiger partial charge in [0.2, 0.25) is 5.91 Å². The number of hydrogen-bond acceptors (Lipinski definition) is 4. The lowest BCUT2D eigenvalue weighted by atomic mass is 9.87. The Hall–Kier alpha value is -3.32. The van der Waals surface area contributed by atoms with Crippen molar-refractivity contribution in [2.24, 2.45) is 0 Å². The summed E-state index contributed by atoms with van der Waals surface area (Å²) in [7, 11) is -3.67. The largest absolute Gasteiger partial charge is 0.368 e. The SMILES string of the molecule is Cc1cccc(CC(=O)N2CCN(c3ccc(NS(=O)(=O)c4ccc(C(C)(C)C)cc4)cc3)CC2)c1. The fourth-order valence-electron chi connectivity index (χ4n) is 4.41. The molecule has 7 heteroatoms. The number of benzene rings is 3. The zero-order chi connectivity index (χ0) is 25.9. The highest BCUT2D eigenvalue weighted by molar-refractivity contribution is 7.92. The maximum Gasteiger partial charge on any atom is 0.261 e. The van der Waals surface area contributed by atoms with E-state index in [4.69, 9.17) is 0 Å². The van der Waals surface area contributed by atoms with Crippen molar-refractivity contribution < 1.29 is 13.2 Å². The van der Waals surface area contributed by atoms with Gasteiger partial charge in [-0.05, 0) is 59.9 Å². The molecule has 4 rings (SSSR count). The van der Waals surface area contributed by atoms with Gasteiger partial charge < -0.3 is 9.80 Å². The average Bonchev–Trinajstić information content (AvgIpc) is 2.84. The average molecular weight is 506 g/mol. The van der Waals surface area contributed by atoms with Gasteiger partial charge in [-0.15, -0.1) is 0 Å². The van der Waals surface area contributed by atoms with E-state index in [1.165, 1.54) is 0 Å². The van der Waals surface area contributed by atoms with Crippen LogP contribution < -0.4 is 9.62 Å². The second kappa shape index (κ2) is 10.3. The molecular weight excluding hydrogens is 470 g/mol. The summed E-state index contributed by atoms with van der Waals surface area (Å²) in [5, 5.41) is 0. The summed E-state index contributed by atoms with van der Waals surface area (Å²) in [6, 6.07) is 22.5. The van der Waals surface area contributed by atoms with Crippen molar-refractivity contribution in [2.75, 3.05) is 35.8 Å². The number of piperazine rings is 1. The molecule has 6 nitrogen and oxygen atoms in total. The Morgan fingerprint density at radius 2 is 1.53 bits per heavy atom. The normalized spacial score (nSPS) is 14.6. The number of amides is 1. The Kier molecular flexibility index (Phi) is 7.41. The molecule has 0 spiro atoms. The Bertz CT molecular complexity index is 1300. The first-order chi connectivity index (χ1) is 17.0. The first-order valence-corrected chi connectivity index (χ1v) is 13.8. The summed E-state index contributed by atoms with van der Waals surface area (Å²) >= 11 is 0. The molecule has 0 atom stereocenters. The van der Waals surface area contributed by atoms with Crippen LogP contribution >= 0.6 is 0 Å². The molecule has 1 fully saturated rings. The molecule has 0 unspecified atom stereocenters. The molecule has 36 heavy (non-hydrogen) atoms. The lowest BCUT2D eigenvalue weighted by molar-refractivity contribution is -0.130. The van der Waals surface area contributed by atoms with Gasteiger partial charge in [0.15, 0.2) is 0 Å². The van der Waals surface area contributed by atoms with Crippen molar-refractivity contribution in [3.8, 4) is 0 Å². The highest BCUT2D eigenvalue weighted by Crippen LogP contribution is 2.25. The van der Waals surface area contributed by atoms with E-state index >= 15 is 0 Å². The van der Waals surface area contributed by atoms with Crippen LogP contribution in [-0.2, 0) is 26.7 Å². The molecule has 190 valence electrons. The van der Waals surface area contributed by atoms with Gasteiger partial charge in [0.25, 0.3) is 10.0 Å². The lowest BCUT2D eigenvalue weighted by Crippen LogP contribution is -2.49. The van der Waals surface area contributed by atoms with E-state index < -0.39 is 10.0 Å². The molecule has 3 aromatic rings. The van der Waals surface area contributed by atoms with Crippen LogP contribution in [0.15, 0.2) is 77.7 Å². The van der Waals surface area contributed by atoms with Crippen LogP contribution in [0, 0.1) is 6.92 Å². The number of rotatable bonds is 6. The molecule has 1 saturated heterocycles. The summed E-state index contributed by atoms with van der Waals surface area (Å²) in [5.41, 5.74) is 4.79. The predicted octanol–water partition coefficient (Wildman–Crippen LogP) is 4.98. The summed E-state index contributed by atoms with van der Waals surface area (Å²) in [6.07, 6.45) is 0.426. The highest BCUT2D eigenvalue weighted by atomic mass is 32.2. The summed E-state index contributed by atoms with van der Waals surface area (Å²) in [6.45, 7) is 11.1. The molecule has 0 aromatic heterocycles. The summed E-state index contributed by atoms with van der Waals surface area (Å²) in [5.74, 6) is 0.153. The van der Waals surface area contributed by atoms with Crippen molar-refractivity contribution in [2.45, 2.75) is 44.4 Å². The number of carbonyl (C=O) groups excluding carboxylic acids is 1. The molecule has 1 N–H and O–H groups in total. The molecule has 3 aromatic carbocycles. The van der Waals surface area contributed by atoms with E-state index in [-0.39, 0.29) is 16.2 Å². The van der Waals surface area contributed by atoms with Crippen molar-refractivity contribution in [1.82, 2.24) is 4.90 Å². The standard InChI is InChI=1S/C29H35N3O3S/c1-22-6-5-7-23(20-22)21-28(33)32-18-16-31(17-19-32)26-12-10-25(11-13-26)30-36(34,35)27-14-8-24(9-15-27)29(2,3)4/h5-15,20,30H,16-19,21H2,1-4H3. The van der Waals surface area contributed by atoms with Crippen LogP contribution in [0.3, 0.4) is 0 Å². The number of anilines is 2. The highest BCUT2D eigenvalue weighted by Gasteiger charge is 2.22. The van der Waals surface area contributed by atoms with E-state index in [0.29, 0.717) is 25.2 Å². The topological polar surface area (TPSA) is 69.7 Å². The summed E-state index contributed by atoms with van der Waals surface area (Å²) < 4.78 is 28.4. The first-order valence-electron chi connectivity index (χ1n) is 12.3. The van der Waals surface area contributed by atoms with Crippen LogP contribution in [0.1, 0.15) is 37.5 Å². The van der Waals surface area contributed by atoms with E-state index in [2.05, 4.69) is 36.5 Å². The number of aryl methyl sites for hydroxylation is 1. The molecule has 0 aliphatic carbocycles. The van der Waals surface area contributed by atoms with Gasteiger partial charge in [-0.25, -0.2) is 8.42 Å². The van der Waals surface area contributed by atoms with Gasteiger partial charge >= 0.3 is 0 Å². The number of sulfonamides is 1. The maximum atomic E-state index is 12.8. The zero-order valence-electron chi connectivity index (χ0n) is 21.5. The first kappa shape index (κ1) is 25.8. The molecule has 1 amide bonds. The number of hydrogen-bond donors (Lipinski definition) is 1. The van der Waals surface area contributed by atoms with E-state index in [0.717, 1.165) is 35.5 Å². The third kappa shape index (κ3) is 6.26. The Balaban J connectivity index is 1.33. The Labute approximate surface area is 215 Å². The van der Waals surface area contributed by atoms with Gasteiger partial charge in [0.05, 0.1) is 11.3 Å². The lowest BCUT2D eigenvalue weighted by Gasteiger charge is -2.36. The third-order valence-electron chi connectivity index (χ3n) is 6.59. The zero-order valence-corrected chi connectivity index (χ0v) is 22.3. The Morgan fingerprint density at radius 1 is 0.889 bits per heavy atom. The van der Waals surface area contributed by atoms with Gasteiger partial charge in [0.1, 0.15) is 0 Å². The van der Waals surface area contributed by atoms with Gasteiger partial charge in [-0.2, -0.15) is 0 Å². The minimum Gasteiger partial charge on any atom is -0.368 e. The fraction of sp³-hybridized carbons (Fsp3) is 0.345. The maximum absolute atomic E-state index is 12.8. The van der Waals surface area contributed by atoms with Crippen molar-refractivity contribution >= 4 is 27.3 Å². The summed E-state index contributed by atoms with van der Waals surface area (Å²) in [4.78, 5) is 17.1. The van der Waals surface area contributed by atoms with Crippen LogP contribution in [-0.4, -0.2) is 45.4 Å². The van der Waals surface area contributed by atoms with Crippen LogP contribution in [0.2, 0.25) is 0 Å². The number of nitrogens with zero attached hydrogens (tertiary/aromatic N) is 2. The molecular formula is C29H35N3O3S. The second-order valence-corrected chi connectivity index (χ2v) is 12.1. The van der Waals surface area contributed by atoms with Gasteiger partial charge in [-0.1, -0.05) is 62.7 Å². The molecule has 1 aliphatic rings. The molecule has 1 heterocycles.